The van der Waals surface area contributed by atoms with E-state index in [1.54, 1.807) is 18.2 Å². The van der Waals surface area contributed by atoms with Crippen LogP contribution in [0.2, 0.25) is 0 Å². The monoisotopic (exact) mass is 417 g/mol. The number of carbonyl (C=O) groups is 3. The van der Waals surface area contributed by atoms with Gasteiger partial charge in [0.2, 0.25) is 11.8 Å². The quantitative estimate of drug-likeness (QED) is 0.426. The standard InChI is InChI=1S/C22H19N5O4/c28-20(12-24-22(30)18-4-3-11-31-18)23-13-21(29)25-16-8-6-15(7-9-16)17-14-27-10-2-1-5-19(27)26-17/h1-11,14H,12-13H2,(H,23,28)(H,24,30)(H,25,29). The van der Waals surface area contributed by atoms with Gasteiger partial charge in [-0.2, -0.15) is 0 Å². The van der Waals surface area contributed by atoms with Crippen LogP contribution in [0.3, 0.4) is 0 Å². The number of amides is 3. The van der Waals surface area contributed by atoms with Gasteiger partial charge < -0.3 is 24.8 Å². The van der Waals surface area contributed by atoms with Gasteiger partial charge >= 0.3 is 0 Å². The Morgan fingerprint density at radius 2 is 1.71 bits per heavy atom. The highest BCUT2D eigenvalue weighted by Crippen LogP contribution is 2.21. The number of hydrogen-bond donors (Lipinski definition) is 3. The number of hydrogen-bond acceptors (Lipinski definition) is 5. The highest BCUT2D eigenvalue weighted by Gasteiger charge is 2.11. The maximum Gasteiger partial charge on any atom is 0.287 e. The van der Waals surface area contributed by atoms with Gasteiger partial charge in [0.05, 0.1) is 25.0 Å². The van der Waals surface area contributed by atoms with Gasteiger partial charge in [-0.25, -0.2) is 4.98 Å². The zero-order valence-electron chi connectivity index (χ0n) is 16.4. The van der Waals surface area contributed by atoms with E-state index in [2.05, 4.69) is 20.9 Å². The third-order valence-electron chi connectivity index (χ3n) is 4.43. The maximum atomic E-state index is 12.1. The first kappa shape index (κ1) is 19.9. The van der Waals surface area contributed by atoms with Crippen LogP contribution < -0.4 is 16.0 Å². The lowest BCUT2D eigenvalue weighted by atomic mass is 10.1. The average molecular weight is 417 g/mol. The Balaban J connectivity index is 1.25. The molecule has 3 heterocycles. The van der Waals surface area contributed by atoms with Gasteiger partial charge in [0.15, 0.2) is 5.76 Å². The summed E-state index contributed by atoms with van der Waals surface area (Å²) in [6.45, 7) is -0.482. The van der Waals surface area contributed by atoms with Crippen LogP contribution in [-0.4, -0.2) is 40.2 Å². The van der Waals surface area contributed by atoms with E-state index in [1.165, 1.54) is 12.3 Å². The molecule has 0 atom stereocenters. The molecule has 1 aromatic carbocycles. The van der Waals surface area contributed by atoms with E-state index in [4.69, 9.17) is 4.42 Å². The van der Waals surface area contributed by atoms with Gasteiger partial charge in [-0.3, -0.25) is 14.4 Å². The largest absolute Gasteiger partial charge is 0.459 e. The number of aromatic nitrogens is 2. The molecule has 4 rings (SSSR count). The minimum atomic E-state index is -0.504. The number of carbonyl (C=O) groups excluding carboxylic acids is 3. The third-order valence-corrected chi connectivity index (χ3v) is 4.43. The van der Waals surface area contributed by atoms with Gasteiger partial charge in [0.1, 0.15) is 5.65 Å². The minimum absolute atomic E-state index is 0.109. The molecular weight excluding hydrogens is 398 g/mol. The first-order valence-corrected chi connectivity index (χ1v) is 9.51. The molecule has 0 fully saturated rings. The molecule has 0 aliphatic heterocycles. The van der Waals surface area contributed by atoms with Crippen molar-refractivity contribution in [1.82, 2.24) is 20.0 Å². The number of furan rings is 1. The van der Waals surface area contributed by atoms with Crippen LogP contribution in [-0.2, 0) is 9.59 Å². The Kier molecular flexibility index (Phi) is 5.75. The van der Waals surface area contributed by atoms with Crippen molar-refractivity contribution in [2.45, 2.75) is 0 Å². The van der Waals surface area contributed by atoms with Gasteiger partial charge in [0.25, 0.3) is 5.91 Å². The SMILES string of the molecule is O=C(CNC(=O)c1ccco1)NCC(=O)Nc1ccc(-c2cn3ccccc3n2)cc1. The summed E-state index contributed by atoms with van der Waals surface area (Å²) in [6, 6.07) is 16.1. The summed E-state index contributed by atoms with van der Waals surface area (Å²) < 4.78 is 6.87. The predicted molar refractivity (Wildman–Crippen MR) is 113 cm³/mol. The number of fused-ring (bicyclic) bond motifs is 1. The second-order valence-electron chi connectivity index (χ2n) is 6.65. The fourth-order valence-corrected chi connectivity index (χ4v) is 2.90. The smallest absolute Gasteiger partial charge is 0.287 e. The van der Waals surface area contributed by atoms with E-state index in [0.717, 1.165) is 16.9 Å². The lowest BCUT2D eigenvalue weighted by Crippen LogP contribution is -2.40. The Morgan fingerprint density at radius 1 is 0.903 bits per heavy atom. The van der Waals surface area contributed by atoms with E-state index < -0.39 is 11.8 Å². The molecule has 0 saturated heterocycles. The number of nitrogens with zero attached hydrogens (tertiary/aromatic N) is 2. The van der Waals surface area contributed by atoms with Crippen LogP contribution in [0.4, 0.5) is 5.69 Å². The van der Waals surface area contributed by atoms with Crippen molar-refractivity contribution in [2.75, 3.05) is 18.4 Å². The molecule has 0 saturated carbocycles. The summed E-state index contributed by atoms with van der Waals surface area (Å²) in [7, 11) is 0. The Morgan fingerprint density at radius 3 is 2.45 bits per heavy atom. The second kappa shape index (κ2) is 8.95. The molecule has 0 spiro atoms. The molecule has 0 unspecified atom stereocenters. The summed E-state index contributed by atoms with van der Waals surface area (Å²) in [6.07, 6.45) is 5.23. The highest BCUT2D eigenvalue weighted by molar-refractivity contribution is 5.97. The molecule has 3 amide bonds. The number of anilines is 1. The second-order valence-corrected chi connectivity index (χ2v) is 6.65. The molecule has 4 aromatic rings. The van der Waals surface area contributed by atoms with Crippen molar-refractivity contribution in [3.8, 4) is 11.3 Å². The van der Waals surface area contributed by atoms with Crippen LogP contribution in [0, 0.1) is 0 Å². The fourth-order valence-electron chi connectivity index (χ4n) is 2.90. The van der Waals surface area contributed by atoms with Crippen molar-refractivity contribution in [3.05, 3.63) is 79.0 Å². The molecule has 0 radical (unpaired) electrons. The normalized spacial score (nSPS) is 10.6. The number of rotatable bonds is 7. The summed E-state index contributed by atoms with van der Waals surface area (Å²) in [4.78, 5) is 40.1. The van der Waals surface area contributed by atoms with Crippen molar-refractivity contribution >= 4 is 29.1 Å². The zero-order chi connectivity index (χ0) is 21.6. The molecule has 3 aromatic heterocycles. The maximum absolute atomic E-state index is 12.1. The lowest BCUT2D eigenvalue weighted by Gasteiger charge is -2.08. The fraction of sp³-hybridized carbons (Fsp3) is 0.0909. The van der Waals surface area contributed by atoms with Gasteiger partial charge in [-0.1, -0.05) is 18.2 Å². The summed E-state index contributed by atoms with van der Waals surface area (Å²) in [5.74, 6) is -1.27. The summed E-state index contributed by atoms with van der Waals surface area (Å²) in [5, 5.41) is 7.56. The topological polar surface area (TPSA) is 118 Å². The summed E-state index contributed by atoms with van der Waals surface area (Å²) >= 11 is 0. The van der Waals surface area contributed by atoms with Gasteiger partial charge in [-0.05, 0) is 36.4 Å². The molecule has 0 bridgehead atoms. The number of benzene rings is 1. The molecule has 9 nitrogen and oxygen atoms in total. The van der Waals surface area contributed by atoms with E-state index >= 15 is 0 Å². The Hall–Kier alpha value is -4.40. The van der Waals surface area contributed by atoms with E-state index in [1.807, 2.05) is 47.1 Å². The van der Waals surface area contributed by atoms with Crippen molar-refractivity contribution in [3.63, 3.8) is 0 Å². The van der Waals surface area contributed by atoms with Crippen LogP contribution in [0.5, 0.6) is 0 Å². The van der Waals surface area contributed by atoms with Crippen molar-refractivity contribution in [2.24, 2.45) is 0 Å². The summed E-state index contributed by atoms with van der Waals surface area (Å²) in [5.41, 5.74) is 3.19. The molecule has 0 aliphatic carbocycles. The number of imidazole rings is 1. The Labute approximate surface area is 177 Å². The van der Waals surface area contributed by atoms with E-state index in [0.29, 0.717) is 5.69 Å². The Bertz CT molecular complexity index is 1180. The van der Waals surface area contributed by atoms with Crippen LogP contribution in [0.1, 0.15) is 10.6 Å². The van der Waals surface area contributed by atoms with E-state index in [-0.39, 0.29) is 24.8 Å². The van der Waals surface area contributed by atoms with Crippen LogP contribution >= 0.6 is 0 Å². The average Bonchev–Trinajstić information content (AvgIpc) is 3.46. The highest BCUT2D eigenvalue weighted by atomic mass is 16.3. The van der Waals surface area contributed by atoms with Crippen LogP contribution in [0.25, 0.3) is 16.9 Å². The first-order chi connectivity index (χ1) is 15.1. The molecular formula is C22H19N5O4. The molecule has 0 aliphatic rings. The molecule has 156 valence electrons. The van der Waals surface area contributed by atoms with Gasteiger partial charge in [0, 0.05) is 23.6 Å². The number of pyridine rings is 1. The van der Waals surface area contributed by atoms with Crippen molar-refractivity contribution < 1.29 is 18.8 Å². The molecule has 9 heteroatoms. The predicted octanol–water partition coefficient (Wildman–Crippen LogP) is 2.08. The minimum Gasteiger partial charge on any atom is -0.459 e. The lowest BCUT2D eigenvalue weighted by molar-refractivity contribution is -0.123. The van der Waals surface area contributed by atoms with E-state index in [9.17, 15) is 14.4 Å². The van der Waals surface area contributed by atoms with Crippen molar-refractivity contribution in [1.29, 1.82) is 0 Å². The molecule has 31 heavy (non-hydrogen) atoms. The first-order valence-electron chi connectivity index (χ1n) is 9.51. The molecule has 3 N–H and O–H groups in total. The van der Waals surface area contributed by atoms with Crippen LogP contribution in [0.15, 0.2) is 77.7 Å². The third kappa shape index (κ3) is 4.96. The zero-order valence-corrected chi connectivity index (χ0v) is 16.4. The number of nitrogens with one attached hydrogen (secondary N) is 3. The van der Waals surface area contributed by atoms with Gasteiger partial charge in [-0.15, -0.1) is 0 Å².